The lowest BCUT2D eigenvalue weighted by molar-refractivity contribution is -0.116. The summed E-state index contributed by atoms with van der Waals surface area (Å²) < 4.78 is 0. The maximum Gasteiger partial charge on any atom is 0.130 e. The molecule has 0 aliphatic rings. The molecule has 1 aromatic heterocycles. The molecule has 0 saturated heterocycles. The Morgan fingerprint density at radius 1 is 1.25 bits per heavy atom. The third-order valence-corrected chi connectivity index (χ3v) is 2.66. The first-order valence-corrected chi connectivity index (χ1v) is 5.51. The molecule has 82 valence electrons. The van der Waals surface area contributed by atoms with Crippen LogP contribution in [0.3, 0.4) is 0 Å². The van der Waals surface area contributed by atoms with Crippen LogP contribution in [-0.2, 0) is 11.2 Å². The summed E-state index contributed by atoms with van der Waals surface area (Å²) in [6.07, 6.45) is 1.41. The van der Waals surface area contributed by atoms with E-state index in [1.165, 1.54) is 5.56 Å². The van der Waals surface area contributed by atoms with Crippen molar-refractivity contribution in [1.82, 2.24) is 4.98 Å². The second-order valence-electron chi connectivity index (χ2n) is 4.18. The third-order valence-electron chi connectivity index (χ3n) is 2.66. The predicted octanol–water partition coefficient (Wildman–Crippen LogP) is 3.06. The van der Waals surface area contributed by atoms with E-state index < -0.39 is 0 Å². The van der Waals surface area contributed by atoms with Crippen molar-refractivity contribution in [3.05, 3.63) is 41.6 Å². The van der Waals surface area contributed by atoms with Gasteiger partial charge < -0.3 is 4.79 Å². The van der Waals surface area contributed by atoms with Gasteiger partial charge >= 0.3 is 0 Å². The lowest BCUT2D eigenvalue weighted by Gasteiger charge is -2.03. The van der Waals surface area contributed by atoms with Crippen molar-refractivity contribution < 1.29 is 4.79 Å². The van der Waals surface area contributed by atoms with Gasteiger partial charge in [-0.05, 0) is 38.0 Å². The molecular formula is C14H15NO. The van der Waals surface area contributed by atoms with Gasteiger partial charge in [0.15, 0.2) is 0 Å². The van der Waals surface area contributed by atoms with Gasteiger partial charge in [0.1, 0.15) is 5.78 Å². The summed E-state index contributed by atoms with van der Waals surface area (Å²) in [4.78, 5) is 15.4. The van der Waals surface area contributed by atoms with Gasteiger partial charge in [0.25, 0.3) is 0 Å². The largest absolute Gasteiger partial charge is 0.300 e. The first-order chi connectivity index (χ1) is 7.65. The molecule has 0 fully saturated rings. The topological polar surface area (TPSA) is 30.0 Å². The number of hydrogen-bond donors (Lipinski definition) is 0. The number of carbonyl (C=O) groups excluding carboxylic acids is 1. The van der Waals surface area contributed by atoms with Gasteiger partial charge in [-0.2, -0.15) is 0 Å². The summed E-state index contributed by atoms with van der Waals surface area (Å²) in [5, 5.41) is 1.15. The van der Waals surface area contributed by atoms with E-state index in [0.717, 1.165) is 23.0 Å². The summed E-state index contributed by atoms with van der Waals surface area (Å²) in [5.74, 6) is 0.234. The maximum absolute atomic E-state index is 10.9. The van der Waals surface area contributed by atoms with Crippen LogP contribution in [0.1, 0.15) is 24.6 Å². The zero-order chi connectivity index (χ0) is 11.5. The fourth-order valence-corrected chi connectivity index (χ4v) is 1.74. The van der Waals surface area contributed by atoms with Crippen LogP contribution in [0.15, 0.2) is 30.3 Å². The highest BCUT2D eigenvalue weighted by Gasteiger charge is 2.00. The molecule has 0 saturated carbocycles. The fourth-order valence-electron chi connectivity index (χ4n) is 1.74. The number of nitrogens with zero attached hydrogens (tertiary/aromatic N) is 1. The molecule has 0 N–H and O–H groups in total. The molecule has 2 nitrogen and oxygen atoms in total. The quantitative estimate of drug-likeness (QED) is 0.784. The zero-order valence-electron chi connectivity index (χ0n) is 9.66. The van der Waals surface area contributed by atoms with Crippen molar-refractivity contribution in [2.24, 2.45) is 0 Å². The summed E-state index contributed by atoms with van der Waals surface area (Å²) in [5.41, 5.74) is 3.22. The van der Waals surface area contributed by atoms with Crippen LogP contribution in [0.4, 0.5) is 0 Å². The molecule has 16 heavy (non-hydrogen) atoms. The van der Waals surface area contributed by atoms with E-state index in [4.69, 9.17) is 0 Å². The van der Waals surface area contributed by atoms with Gasteiger partial charge in [-0.15, -0.1) is 0 Å². The summed E-state index contributed by atoms with van der Waals surface area (Å²) in [6.45, 7) is 3.62. The van der Waals surface area contributed by atoms with Crippen molar-refractivity contribution >= 4 is 16.7 Å². The first kappa shape index (κ1) is 10.8. The molecule has 2 aromatic rings. The van der Waals surface area contributed by atoms with E-state index in [-0.39, 0.29) is 5.78 Å². The molecule has 1 aromatic carbocycles. The Morgan fingerprint density at radius 3 is 2.75 bits per heavy atom. The molecule has 0 aliphatic carbocycles. The molecule has 1 heterocycles. The molecular weight excluding hydrogens is 198 g/mol. The summed E-state index contributed by atoms with van der Waals surface area (Å²) in [7, 11) is 0. The second kappa shape index (κ2) is 4.44. The highest BCUT2D eigenvalue weighted by Crippen LogP contribution is 2.15. The molecule has 0 radical (unpaired) electrons. The van der Waals surface area contributed by atoms with Gasteiger partial charge in [-0.25, -0.2) is 0 Å². The van der Waals surface area contributed by atoms with Crippen LogP contribution in [0.5, 0.6) is 0 Å². The SMILES string of the molecule is CC(=O)CCc1ccc2ccc(C)nc2c1. The average Bonchev–Trinajstić information content (AvgIpc) is 2.25. The highest BCUT2D eigenvalue weighted by atomic mass is 16.1. The van der Waals surface area contributed by atoms with E-state index in [2.05, 4.69) is 29.2 Å². The lowest BCUT2D eigenvalue weighted by Crippen LogP contribution is -1.94. The Hall–Kier alpha value is -1.70. The number of aromatic nitrogens is 1. The van der Waals surface area contributed by atoms with Crippen molar-refractivity contribution in [2.75, 3.05) is 0 Å². The number of hydrogen-bond acceptors (Lipinski definition) is 2. The molecule has 0 bridgehead atoms. The van der Waals surface area contributed by atoms with Crippen LogP contribution in [0, 0.1) is 6.92 Å². The maximum atomic E-state index is 10.9. The minimum atomic E-state index is 0.234. The molecule has 0 spiro atoms. The van der Waals surface area contributed by atoms with E-state index in [9.17, 15) is 4.79 Å². The Morgan fingerprint density at radius 2 is 2.00 bits per heavy atom. The van der Waals surface area contributed by atoms with E-state index in [1.54, 1.807) is 6.92 Å². The Balaban J connectivity index is 2.31. The minimum Gasteiger partial charge on any atom is -0.300 e. The highest BCUT2D eigenvalue weighted by molar-refractivity contribution is 5.80. The fraction of sp³-hybridized carbons (Fsp3) is 0.286. The Bertz CT molecular complexity index is 531. The van der Waals surface area contributed by atoms with Crippen LogP contribution >= 0.6 is 0 Å². The van der Waals surface area contributed by atoms with Crippen molar-refractivity contribution in [3.8, 4) is 0 Å². The summed E-state index contributed by atoms with van der Waals surface area (Å²) >= 11 is 0. The third kappa shape index (κ3) is 2.45. The first-order valence-electron chi connectivity index (χ1n) is 5.51. The Kier molecular flexibility index (Phi) is 3.00. The molecule has 2 heteroatoms. The van der Waals surface area contributed by atoms with Crippen LogP contribution in [-0.4, -0.2) is 10.8 Å². The molecule has 0 amide bonds. The molecule has 0 aliphatic heterocycles. The predicted molar refractivity (Wildman–Crippen MR) is 65.5 cm³/mol. The number of carbonyl (C=O) groups is 1. The van der Waals surface area contributed by atoms with Gasteiger partial charge in [0.05, 0.1) is 5.52 Å². The standard InChI is InChI=1S/C14H15NO/c1-10-3-7-13-8-6-12(5-4-11(2)16)9-14(13)15-10/h3,6-9H,4-5H2,1-2H3. The zero-order valence-corrected chi connectivity index (χ0v) is 9.66. The van der Waals surface area contributed by atoms with Crippen LogP contribution < -0.4 is 0 Å². The van der Waals surface area contributed by atoms with Gasteiger partial charge in [-0.1, -0.05) is 18.2 Å². The number of aryl methyl sites for hydroxylation is 2. The second-order valence-corrected chi connectivity index (χ2v) is 4.18. The molecule has 0 atom stereocenters. The summed E-state index contributed by atoms with van der Waals surface area (Å²) in [6, 6.07) is 10.3. The molecule has 2 rings (SSSR count). The molecule has 0 unspecified atom stereocenters. The van der Waals surface area contributed by atoms with Gasteiger partial charge in [0, 0.05) is 17.5 Å². The normalized spacial score (nSPS) is 10.6. The van der Waals surface area contributed by atoms with Crippen LogP contribution in [0.25, 0.3) is 10.9 Å². The number of pyridine rings is 1. The van der Waals surface area contributed by atoms with E-state index in [0.29, 0.717) is 6.42 Å². The van der Waals surface area contributed by atoms with Gasteiger partial charge in [-0.3, -0.25) is 4.98 Å². The monoisotopic (exact) mass is 213 g/mol. The number of rotatable bonds is 3. The van der Waals surface area contributed by atoms with Gasteiger partial charge in [0.2, 0.25) is 0 Å². The van der Waals surface area contributed by atoms with E-state index in [1.807, 2.05) is 13.0 Å². The van der Waals surface area contributed by atoms with Crippen LogP contribution in [0.2, 0.25) is 0 Å². The van der Waals surface area contributed by atoms with Crippen molar-refractivity contribution in [2.45, 2.75) is 26.7 Å². The lowest BCUT2D eigenvalue weighted by atomic mass is 10.1. The number of fused-ring (bicyclic) bond motifs is 1. The number of ketones is 1. The van der Waals surface area contributed by atoms with E-state index >= 15 is 0 Å². The average molecular weight is 213 g/mol. The van der Waals surface area contributed by atoms with Crippen molar-refractivity contribution in [3.63, 3.8) is 0 Å². The number of Topliss-reactive ketones (excluding diaryl/α,β-unsaturated/α-hetero) is 1. The smallest absolute Gasteiger partial charge is 0.130 e. The Labute approximate surface area is 95.3 Å². The minimum absolute atomic E-state index is 0.234. The van der Waals surface area contributed by atoms with Crippen molar-refractivity contribution in [1.29, 1.82) is 0 Å². The number of benzene rings is 1.